The Labute approximate surface area is 155 Å². The highest BCUT2D eigenvalue weighted by molar-refractivity contribution is 5.90. The largest absolute Gasteiger partial charge is 0.507 e. The summed E-state index contributed by atoms with van der Waals surface area (Å²) in [6, 6.07) is 2.53. The van der Waals surface area contributed by atoms with Crippen LogP contribution in [0, 0.1) is 18.7 Å². The third-order valence-electron chi connectivity index (χ3n) is 5.20. The third-order valence-corrected chi connectivity index (χ3v) is 5.20. The first-order valence-electron chi connectivity index (χ1n) is 8.95. The van der Waals surface area contributed by atoms with Crippen molar-refractivity contribution in [1.29, 1.82) is 0 Å². The van der Waals surface area contributed by atoms with E-state index in [0.29, 0.717) is 18.5 Å². The molecule has 4 N–H and O–H groups in total. The molecule has 0 aliphatic carbocycles. The van der Waals surface area contributed by atoms with Crippen molar-refractivity contribution in [2.24, 2.45) is 5.92 Å². The number of carbonyl (C=O) groups is 1. The van der Waals surface area contributed by atoms with Crippen LogP contribution < -0.4 is 16.2 Å². The normalized spacial score (nSPS) is 22.7. The molecule has 1 aromatic heterocycles. The van der Waals surface area contributed by atoms with Crippen LogP contribution in [0.3, 0.4) is 0 Å². The molecule has 2 heterocycles. The van der Waals surface area contributed by atoms with Gasteiger partial charge >= 0.3 is 0 Å². The number of aromatic amines is 1. The number of H-pyrrole nitrogens is 1. The van der Waals surface area contributed by atoms with Crippen LogP contribution in [0.5, 0.6) is 5.75 Å². The number of hydrogen-bond acceptors (Lipinski definition) is 4. The van der Waals surface area contributed by atoms with Crippen LogP contribution in [0.25, 0.3) is 10.9 Å². The molecular formula is C19H23F2N3O3. The van der Waals surface area contributed by atoms with Crippen molar-refractivity contribution in [3.8, 4) is 5.75 Å². The second-order valence-electron chi connectivity index (χ2n) is 7.19. The van der Waals surface area contributed by atoms with Gasteiger partial charge in [0.05, 0.1) is 17.5 Å². The van der Waals surface area contributed by atoms with Gasteiger partial charge in [0.2, 0.25) is 5.91 Å². The number of fused-ring (bicyclic) bond motifs is 1. The van der Waals surface area contributed by atoms with Crippen LogP contribution in [0.15, 0.2) is 16.9 Å². The Balaban J connectivity index is 1.73. The number of rotatable bonds is 4. The van der Waals surface area contributed by atoms with Crippen LogP contribution in [-0.2, 0) is 11.2 Å². The minimum atomic E-state index is -0.895. The molecule has 1 aromatic carbocycles. The first kappa shape index (κ1) is 19.3. The number of amides is 1. The van der Waals surface area contributed by atoms with Gasteiger partial charge in [0.25, 0.3) is 5.56 Å². The zero-order valence-corrected chi connectivity index (χ0v) is 15.2. The number of nitrogens with one attached hydrogen (secondary N) is 3. The predicted molar refractivity (Wildman–Crippen MR) is 98.1 cm³/mol. The van der Waals surface area contributed by atoms with E-state index in [4.69, 9.17) is 0 Å². The van der Waals surface area contributed by atoms with Gasteiger partial charge in [-0.2, -0.15) is 0 Å². The summed E-state index contributed by atoms with van der Waals surface area (Å²) in [7, 11) is 0. The average molecular weight is 379 g/mol. The Bertz CT molecular complexity index is 929. The Morgan fingerprint density at radius 1 is 1.41 bits per heavy atom. The minimum Gasteiger partial charge on any atom is -0.507 e. The number of halogens is 2. The molecule has 1 aliphatic rings. The van der Waals surface area contributed by atoms with E-state index in [1.54, 1.807) is 0 Å². The van der Waals surface area contributed by atoms with Gasteiger partial charge in [-0.3, -0.25) is 9.59 Å². The smallest absolute Gasteiger partial charge is 0.255 e. The quantitative estimate of drug-likeness (QED) is 0.650. The standard InChI is InChI=1S/C19H23F2N3O3/c1-9-5-11(22-8-14(9)21)7-23-16(25)6-12-18(26)17-10(2)13(20)3-4-15(17)24-19(12)27/h3-4,9,11,14,22H,5-8H2,1-2H3,(H,23,25)(H2,24,26,27). The summed E-state index contributed by atoms with van der Waals surface area (Å²) in [5.74, 6) is -1.42. The summed E-state index contributed by atoms with van der Waals surface area (Å²) in [6.45, 7) is 3.87. The summed E-state index contributed by atoms with van der Waals surface area (Å²) < 4.78 is 27.3. The summed E-state index contributed by atoms with van der Waals surface area (Å²) in [5.41, 5.74) is -0.195. The van der Waals surface area contributed by atoms with Crippen LogP contribution in [0.1, 0.15) is 24.5 Å². The molecule has 3 atom stereocenters. The monoisotopic (exact) mass is 379 g/mol. The summed E-state index contributed by atoms with van der Waals surface area (Å²) in [4.78, 5) is 27.0. The van der Waals surface area contributed by atoms with Gasteiger partial charge in [-0.15, -0.1) is 0 Å². The number of hydrogen-bond donors (Lipinski definition) is 4. The molecule has 1 fully saturated rings. The summed E-state index contributed by atoms with van der Waals surface area (Å²) in [6.07, 6.45) is -0.628. The van der Waals surface area contributed by atoms with Crippen LogP contribution in [0.4, 0.5) is 8.78 Å². The molecule has 27 heavy (non-hydrogen) atoms. The average Bonchev–Trinajstić information content (AvgIpc) is 2.62. The lowest BCUT2D eigenvalue weighted by Gasteiger charge is -2.31. The maximum absolute atomic E-state index is 13.8. The van der Waals surface area contributed by atoms with E-state index in [9.17, 15) is 23.5 Å². The van der Waals surface area contributed by atoms with Crippen molar-refractivity contribution in [2.75, 3.05) is 13.1 Å². The van der Waals surface area contributed by atoms with E-state index >= 15 is 0 Å². The van der Waals surface area contributed by atoms with Gasteiger partial charge in [-0.25, -0.2) is 8.78 Å². The number of piperidine rings is 1. The molecule has 0 bridgehead atoms. The Hall–Kier alpha value is -2.48. The molecule has 0 radical (unpaired) electrons. The molecule has 1 amide bonds. The molecule has 1 aliphatic heterocycles. The van der Waals surface area contributed by atoms with E-state index in [-0.39, 0.29) is 47.2 Å². The van der Waals surface area contributed by atoms with Crippen molar-refractivity contribution >= 4 is 16.8 Å². The van der Waals surface area contributed by atoms with E-state index < -0.39 is 23.5 Å². The molecule has 0 saturated carbocycles. The maximum atomic E-state index is 13.8. The second-order valence-corrected chi connectivity index (χ2v) is 7.19. The van der Waals surface area contributed by atoms with E-state index in [1.807, 2.05) is 6.92 Å². The molecule has 6 nitrogen and oxygen atoms in total. The fraction of sp³-hybridized carbons (Fsp3) is 0.474. The van der Waals surface area contributed by atoms with Gasteiger partial charge in [0.15, 0.2) is 0 Å². The summed E-state index contributed by atoms with van der Waals surface area (Å²) >= 11 is 0. The van der Waals surface area contributed by atoms with Crippen LogP contribution in [-0.4, -0.2) is 41.3 Å². The van der Waals surface area contributed by atoms with Gasteiger partial charge in [-0.1, -0.05) is 6.92 Å². The number of alkyl halides is 1. The van der Waals surface area contributed by atoms with Crippen molar-refractivity contribution in [3.63, 3.8) is 0 Å². The molecule has 2 aromatic rings. The lowest BCUT2D eigenvalue weighted by Crippen LogP contribution is -2.49. The lowest BCUT2D eigenvalue weighted by molar-refractivity contribution is -0.120. The van der Waals surface area contributed by atoms with E-state index in [1.165, 1.54) is 19.1 Å². The molecule has 8 heteroatoms. The Morgan fingerprint density at radius 2 is 2.15 bits per heavy atom. The maximum Gasteiger partial charge on any atom is 0.255 e. The van der Waals surface area contributed by atoms with Gasteiger partial charge in [-0.05, 0) is 37.0 Å². The zero-order chi connectivity index (χ0) is 19.7. The van der Waals surface area contributed by atoms with Gasteiger partial charge in [0.1, 0.15) is 17.7 Å². The molecule has 146 valence electrons. The van der Waals surface area contributed by atoms with Crippen LogP contribution in [0.2, 0.25) is 0 Å². The highest BCUT2D eigenvalue weighted by Gasteiger charge is 2.27. The number of benzene rings is 1. The minimum absolute atomic E-state index is 0.0456. The highest BCUT2D eigenvalue weighted by Crippen LogP contribution is 2.29. The number of carbonyl (C=O) groups excluding carboxylic acids is 1. The van der Waals surface area contributed by atoms with Crippen molar-refractivity contribution < 1.29 is 18.7 Å². The van der Waals surface area contributed by atoms with Crippen molar-refractivity contribution in [1.82, 2.24) is 15.6 Å². The molecule has 3 rings (SSSR count). The topological polar surface area (TPSA) is 94.2 Å². The third kappa shape index (κ3) is 3.95. The fourth-order valence-corrected chi connectivity index (χ4v) is 3.49. The number of aromatic nitrogens is 1. The molecule has 3 unspecified atom stereocenters. The number of aryl methyl sites for hydroxylation is 1. The molecule has 1 saturated heterocycles. The van der Waals surface area contributed by atoms with Gasteiger partial charge in [0, 0.05) is 24.5 Å². The fourth-order valence-electron chi connectivity index (χ4n) is 3.49. The number of aromatic hydroxyl groups is 1. The SMILES string of the molecule is Cc1c(F)ccc2[nH]c(=O)c(CC(=O)NCC3CC(C)C(F)CN3)c(O)c12. The summed E-state index contributed by atoms with van der Waals surface area (Å²) in [5, 5.41) is 16.4. The van der Waals surface area contributed by atoms with Crippen molar-refractivity contribution in [2.45, 2.75) is 38.9 Å². The first-order chi connectivity index (χ1) is 12.8. The Morgan fingerprint density at radius 3 is 2.85 bits per heavy atom. The van der Waals surface area contributed by atoms with E-state index in [2.05, 4.69) is 15.6 Å². The molecular weight excluding hydrogens is 356 g/mol. The lowest BCUT2D eigenvalue weighted by atomic mass is 9.92. The van der Waals surface area contributed by atoms with Crippen LogP contribution >= 0.6 is 0 Å². The van der Waals surface area contributed by atoms with E-state index in [0.717, 1.165) is 0 Å². The van der Waals surface area contributed by atoms with Crippen molar-refractivity contribution in [3.05, 3.63) is 39.4 Å². The van der Waals surface area contributed by atoms with Gasteiger partial charge < -0.3 is 20.7 Å². The highest BCUT2D eigenvalue weighted by atomic mass is 19.1. The second kappa shape index (κ2) is 7.64. The predicted octanol–water partition coefficient (Wildman–Crippen LogP) is 1.68. The number of pyridine rings is 1. The molecule has 0 spiro atoms. The Kier molecular flexibility index (Phi) is 5.46. The zero-order valence-electron chi connectivity index (χ0n) is 15.2. The first-order valence-corrected chi connectivity index (χ1v) is 8.95.